The van der Waals surface area contributed by atoms with Gasteiger partial charge >= 0.3 is 6.09 Å². The molecular formula is C8H18N2O2. The summed E-state index contributed by atoms with van der Waals surface area (Å²) in [6, 6.07) is 0. The molecule has 0 atom stereocenters. The van der Waals surface area contributed by atoms with Gasteiger partial charge in [-0.2, -0.15) is 0 Å². The van der Waals surface area contributed by atoms with E-state index in [1.165, 1.54) is 0 Å². The van der Waals surface area contributed by atoms with E-state index < -0.39 is 5.60 Å². The Labute approximate surface area is 73.7 Å². The van der Waals surface area contributed by atoms with Crippen LogP contribution in [-0.4, -0.2) is 32.3 Å². The highest BCUT2D eigenvalue weighted by Gasteiger charge is 2.21. The second-order valence-electron chi connectivity index (χ2n) is 3.25. The maximum atomic E-state index is 10.8. The molecule has 1 amide bonds. The fraction of sp³-hybridized carbons (Fsp3) is 0.875. The van der Waals surface area contributed by atoms with Crippen LogP contribution in [0.2, 0.25) is 0 Å². The number of ether oxygens (including phenoxy) is 1. The monoisotopic (exact) mass is 174 g/mol. The Morgan fingerprint density at radius 2 is 2.00 bits per heavy atom. The number of rotatable bonds is 4. The third kappa shape index (κ3) is 4.96. The molecule has 0 aliphatic carbocycles. The lowest BCUT2D eigenvalue weighted by atomic mass is 10.1. The largest absolute Gasteiger partial charge is 0.443 e. The van der Waals surface area contributed by atoms with Crippen molar-refractivity contribution in [3.63, 3.8) is 0 Å². The Kier molecular flexibility index (Phi) is 4.66. The molecule has 0 spiro atoms. The highest BCUT2D eigenvalue weighted by atomic mass is 16.6. The van der Waals surface area contributed by atoms with Gasteiger partial charge in [-0.25, -0.2) is 4.79 Å². The van der Waals surface area contributed by atoms with Crippen LogP contribution >= 0.6 is 0 Å². The lowest BCUT2D eigenvalue weighted by molar-refractivity contribution is 0.0346. The Bertz CT molecular complexity index is 146. The number of amides is 1. The second-order valence-corrected chi connectivity index (χ2v) is 3.25. The summed E-state index contributed by atoms with van der Waals surface area (Å²) >= 11 is 0. The van der Waals surface area contributed by atoms with Crippen LogP contribution in [0.4, 0.5) is 4.79 Å². The van der Waals surface area contributed by atoms with Crippen molar-refractivity contribution in [2.75, 3.05) is 20.6 Å². The van der Waals surface area contributed by atoms with Crippen molar-refractivity contribution in [1.29, 1.82) is 0 Å². The van der Waals surface area contributed by atoms with Gasteiger partial charge in [-0.1, -0.05) is 0 Å². The molecule has 0 saturated heterocycles. The van der Waals surface area contributed by atoms with Gasteiger partial charge in [0.05, 0.1) is 0 Å². The van der Waals surface area contributed by atoms with Gasteiger partial charge in [0.25, 0.3) is 0 Å². The SMILES string of the molecule is CNCCC(C)(C)OC(=O)NC. The average Bonchev–Trinajstić information content (AvgIpc) is 2.00. The van der Waals surface area contributed by atoms with Gasteiger partial charge in [0.1, 0.15) is 5.60 Å². The van der Waals surface area contributed by atoms with Crippen molar-refractivity contribution in [1.82, 2.24) is 10.6 Å². The summed E-state index contributed by atoms with van der Waals surface area (Å²) in [7, 11) is 3.42. The summed E-state index contributed by atoms with van der Waals surface area (Å²) in [4.78, 5) is 10.8. The first kappa shape index (κ1) is 11.2. The molecule has 0 aliphatic heterocycles. The quantitative estimate of drug-likeness (QED) is 0.660. The average molecular weight is 174 g/mol. The van der Waals surface area contributed by atoms with E-state index >= 15 is 0 Å². The minimum Gasteiger partial charge on any atom is -0.443 e. The standard InChI is InChI=1S/C8H18N2O2/c1-8(2,5-6-9-3)12-7(11)10-4/h9H,5-6H2,1-4H3,(H,10,11). The normalized spacial score (nSPS) is 11.0. The zero-order valence-corrected chi connectivity index (χ0v) is 8.23. The van der Waals surface area contributed by atoms with E-state index in [1.807, 2.05) is 20.9 Å². The summed E-state index contributed by atoms with van der Waals surface area (Å²) < 4.78 is 5.10. The van der Waals surface area contributed by atoms with Gasteiger partial charge in [0.15, 0.2) is 0 Å². The molecule has 0 aliphatic rings. The zero-order chi connectivity index (χ0) is 9.61. The zero-order valence-electron chi connectivity index (χ0n) is 8.23. The summed E-state index contributed by atoms with van der Waals surface area (Å²) in [6.07, 6.45) is 0.424. The van der Waals surface area contributed by atoms with Crippen LogP contribution in [0.5, 0.6) is 0 Å². The van der Waals surface area contributed by atoms with Crippen LogP contribution in [0, 0.1) is 0 Å². The van der Waals surface area contributed by atoms with Crippen molar-refractivity contribution < 1.29 is 9.53 Å². The van der Waals surface area contributed by atoms with Crippen molar-refractivity contribution in [3.05, 3.63) is 0 Å². The van der Waals surface area contributed by atoms with Gasteiger partial charge in [-0.05, 0) is 33.9 Å². The van der Waals surface area contributed by atoms with Crippen LogP contribution < -0.4 is 10.6 Å². The summed E-state index contributed by atoms with van der Waals surface area (Å²) in [5, 5.41) is 5.42. The molecule has 0 rings (SSSR count). The second kappa shape index (κ2) is 4.98. The van der Waals surface area contributed by atoms with Crippen molar-refractivity contribution >= 4 is 6.09 Å². The Balaban J connectivity index is 3.77. The molecule has 0 aromatic heterocycles. The molecule has 12 heavy (non-hydrogen) atoms. The van der Waals surface area contributed by atoms with Gasteiger partial charge < -0.3 is 15.4 Å². The summed E-state index contributed by atoms with van der Waals surface area (Å²) in [5.41, 5.74) is -0.400. The van der Waals surface area contributed by atoms with E-state index in [0.29, 0.717) is 0 Å². The molecule has 0 bridgehead atoms. The van der Waals surface area contributed by atoms with E-state index in [-0.39, 0.29) is 6.09 Å². The number of nitrogens with one attached hydrogen (secondary N) is 2. The maximum absolute atomic E-state index is 10.8. The van der Waals surface area contributed by atoms with Crippen molar-refractivity contribution in [2.24, 2.45) is 0 Å². The van der Waals surface area contributed by atoms with E-state index in [2.05, 4.69) is 10.6 Å². The third-order valence-electron chi connectivity index (χ3n) is 1.55. The molecule has 0 fully saturated rings. The van der Waals surface area contributed by atoms with E-state index in [4.69, 9.17) is 4.74 Å². The Hall–Kier alpha value is -0.770. The highest BCUT2D eigenvalue weighted by molar-refractivity contribution is 5.67. The Morgan fingerprint density at radius 3 is 2.42 bits per heavy atom. The molecule has 4 heteroatoms. The fourth-order valence-electron chi connectivity index (χ4n) is 0.779. The van der Waals surface area contributed by atoms with Crippen molar-refractivity contribution in [3.8, 4) is 0 Å². The summed E-state index contributed by atoms with van der Waals surface area (Å²) in [5.74, 6) is 0. The van der Waals surface area contributed by atoms with E-state index in [1.54, 1.807) is 7.05 Å². The molecule has 4 nitrogen and oxygen atoms in total. The minimum absolute atomic E-state index is 0.379. The van der Waals surface area contributed by atoms with Gasteiger partial charge in [-0.3, -0.25) is 0 Å². The topological polar surface area (TPSA) is 50.4 Å². The predicted octanol–water partition coefficient (Wildman–Crippen LogP) is 0.730. The minimum atomic E-state index is -0.400. The molecule has 0 aromatic rings. The smallest absolute Gasteiger partial charge is 0.407 e. The number of hydrogen-bond donors (Lipinski definition) is 2. The molecule has 72 valence electrons. The number of carbonyl (C=O) groups is 1. The van der Waals surface area contributed by atoms with Gasteiger partial charge in [-0.15, -0.1) is 0 Å². The molecule has 0 radical (unpaired) electrons. The van der Waals surface area contributed by atoms with Crippen LogP contribution in [0.25, 0.3) is 0 Å². The molecule has 0 aromatic carbocycles. The first-order valence-corrected chi connectivity index (χ1v) is 4.07. The van der Waals surface area contributed by atoms with E-state index in [9.17, 15) is 4.79 Å². The number of alkyl carbamates (subject to hydrolysis) is 1. The summed E-state index contributed by atoms with van der Waals surface area (Å²) in [6.45, 7) is 4.61. The molecule has 2 N–H and O–H groups in total. The fourth-order valence-corrected chi connectivity index (χ4v) is 0.779. The molecular weight excluding hydrogens is 156 g/mol. The lowest BCUT2D eigenvalue weighted by Gasteiger charge is -2.24. The van der Waals surface area contributed by atoms with Crippen LogP contribution in [-0.2, 0) is 4.74 Å². The maximum Gasteiger partial charge on any atom is 0.407 e. The molecule has 0 heterocycles. The van der Waals surface area contributed by atoms with Crippen LogP contribution in [0.1, 0.15) is 20.3 Å². The Morgan fingerprint density at radius 1 is 1.42 bits per heavy atom. The van der Waals surface area contributed by atoms with Crippen LogP contribution in [0.3, 0.4) is 0 Å². The number of carbonyl (C=O) groups excluding carboxylic acids is 1. The van der Waals surface area contributed by atoms with E-state index in [0.717, 1.165) is 13.0 Å². The predicted molar refractivity (Wildman–Crippen MR) is 48.2 cm³/mol. The molecule has 0 saturated carbocycles. The number of hydrogen-bond acceptors (Lipinski definition) is 3. The van der Waals surface area contributed by atoms with Crippen molar-refractivity contribution in [2.45, 2.75) is 25.9 Å². The highest BCUT2D eigenvalue weighted by Crippen LogP contribution is 2.13. The first-order chi connectivity index (χ1) is 5.52. The molecule has 0 unspecified atom stereocenters. The third-order valence-corrected chi connectivity index (χ3v) is 1.55. The lowest BCUT2D eigenvalue weighted by Crippen LogP contribution is -2.35. The van der Waals surface area contributed by atoms with Crippen LogP contribution in [0.15, 0.2) is 0 Å². The first-order valence-electron chi connectivity index (χ1n) is 4.07. The van der Waals surface area contributed by atoms with Gasteiger partial charge in [0, 0.05) is 7.05 Å². The van der Waals surface area contributed by atoms with Gasteiger partial charge in [0.2, 0.25) is 0 Å².